The molecule has 132 valence electrons. The number of rotatable bonds is 3. The van der Waals surface area contributed by atoms with Crippen molar-refractivity contribution < 1.29 is 18.9 Å². The van der Waals surface area contributed by atoms with Gasteiger partial charge in [-0.05, 0) is 18.2 Å². The third kappa shape index (κ3) is 2.57. The number of amides is 1. The highest BCUT2D eigenvalue weighted by atomic mass is 16.5. The molecule has 0 unspecified atom stereocenters. The van der Waals surface area contributed by atoms with Crippen LogP contribution in [0.2, 0.25) is 0 Å². The minimum absolute atomic E-state index is 0.0245. The number of H-pyrrole nitrogens is 1. The second kappa shape index (κ2) is 5.69. The molecule has 0 atom stereocenters. The van der Waals surface area contributed by atoms with E-state index in [0.29, 0.717) is 28.2 Å². The van der Waals surface area contributed by atoms with Crippen LogP contribution in [0.15, 0.2) is 29.3 Å². The van der Waals surface area contributed by atoms with E-state index in [2.05, 4.69) is 15.3 Å². The van der Waals surface area contributed by atoms with Gasteiger partial charge in [-0.25, -0.2) is 4.57 Å². The number of anilines is 2. The van der Waals surface area contributed by atoms with Crippen molar-refractivity contribution in [3.05, 3.63) is 40.4 Å². The number of carbonyl (C=O) groups is 2. The zero-order valence-electron chi connectivity index (χ0n) is 13.8. The summed E-state index contributed by atoms with van der Waals surface area (Å²) in [5.74, 6) is -0.00122. The van der Waals surface area contributed by atoms with E-state index < -0.39 is 0 Å². The summed E-state index contributed by atoms with van der Waals surface area (Å²) < 4.78 is 8.41. The second-order valence-corrected chi connectivity index (χ2v) is 5.95. The Bertz CT molecular complexity index is 1130. The fraction of sp³-hybridized carbons (Fsp3) is 0.188. The smallest absolute Gasteiger partial charge is 0.312 e. The summed E-state index contributed by atoms with van der Waals surface area (Å²) in [5.41, 5.74) is 6.71. The molecule has 0 fully saturated rings. The van der Waals surface area contributed by atoms with Gasteiger partial charge in [0.25, 0.3) is 17.4 Å². The third-order valence-electron chi connectivity index (χ3n) is 4.08. The van der Waals surface area contributed by atoms with Crippen molar-refractivity contribution in [2.45, 2.75) is 6.54 Å². The summed E-state index contributed by atoms with van der Waals surface area (Å²) in [7, 11) is 1.68. The Labute approximate surface area is 146 Å². The number of fused-ring (bicyclic) bond motifs is 2. The molecule has 2 aromatic heterocycles. The van der Waals surface area contributed by atoms with Crippen LogP contribution in [-0.4, -0.2) is 32.8 Å². The topological polar surface area (TPSA) is 136 Å². The number of nitrogens with two attached hydrogens (primary N) is 1. The Hall–Kier alpha value is -3.69. The molecule has 0 aliphatic carbocycles. The first-order chi connectivity index (χ1) is 12.4. The summed E-state index contributed by atoms with van der Waals surface area (Å²) in [6.07, 6.45) is 1.60. The number of nitrogen functional groups attached to an aromatic ring is 1. The Morgan fingerprint density at radius 3 is 3.04 bits per heavy atom. The van der Waals surface area contributed by atoms with Crippen molar-refractivity contribution in [2.75, 3.05) is 17.7 Å². The van der Waals surface area contributed by atoms with Crippen molar-refractivity contribution in [3.63, 3.8) is 0 Å². The van der Waals surface area contributed by atoms with Gasteiger partial charge in [-0.2, -0.15) is 0 Å². The molecule has 0 saturated carbocycles. The molecule has 1 aromatic carbocycles. The molecule has 0 spiro atoms. The van der Waals surface area contributed by atoms with Gasteiger partial charge in [-0.1, -0.05) is 4.98 Å². The Morgan fingerprint density at radius 1 is 1.42 bits per heavy atom. The SMILES string of the molecule is Cn1c[n+](CC(=O)c2ccc3c(c2)NC(=O)CO3)c2nc(N)[nH]c(=O)c21. The number of Topliss-reactive ketones (excluding diaryl/α,β-unsaturated/α-hetero) is 1. The first-order valence-electron chi connectivity index (χ1n) is 7.76. The van der Waals surface area contributed by atoms with E-state index in [9.17, 15) is 14.4 Å². The van der Waals surface area contributed by atoms with Gasteiger partial charge in [0.15, 0.2) is 18.7 Å². The first kappa shape index (κ1) is 15.8. The summed E-state index contributed by atoms with van der Waals surface area (Å²) in [5, 5.41) is 2.67. The number of hydrogen-bond acceptors (Lipinski definition) is 6. The maximum Gasteiger partial charge on any atom is 0.312 e. The fourth-order valence-corrected chi connectivity index (χ4v) is 2.93. The van der Waals surface area contributed by atoms with Gasteiger partial charge in [0.2, 0.25) is 5.52 Å². The predicted molar refractivity (Wildman–Crippen MR) is 90.8 cm³/mol. The Kier molecular flexibility index (Phi) is 3.46. The van der Waals surface area contributed by atoms with Crippen LogP contribution in [0.1, 0.15) is 10.4 Å². The third-order valence-corrected chi connectivity index (χ3v) is 4.08. The van der Waals surface area contributed by atoms with Gasteiger partial charge in [0.05, 0.1) is 12.7 Å². The molecule has 1 aliphatic heterocycles. The fourth-order valence-electron chi connectivity index (χ4n) is 2.93. The van der Waals surface area contributed by atoms with Gasteiger partial charge in [-0.3, -0.25) is 23.9 Å². The number of aryl methyl sites for hydroxylation is 1. The number of carbonyl (C=O) groups excluding carboxylic acids is 2. The van der Waals surface area contributed by atoms with E-state index in [1.54, 1.807) is 40.7 Å². The summed E-state index contributed by atoms with van der Waals surface area (Å²) in [6.45, 7) is -0.0887. The normalized spacial score (nSPS) is 13.2. The number of imidazole rings is 1. The predicted octanol–water partition coefficient (Wildman–Crippen LogP) is -0.655. The molecule has 3 aromatic rings. The summed E-state index contributed by atoms with van der Waals surface area (Å²) in [6, 6.07) is 4.82. The summed E-state index contributed by atoms with van der Waals surface area (Å²) in [4.78, 5) is 42.7. The molecule has 4 rings (SSSR count). The van der Waals surface area contributed by atoms with Crippen LogP contribution in [0.25, 0.3) is 11.2 Å². The molecular formula is C16H15N6O4+. The monoisotopic (exact) mass is 355 g/mol. The lowest BCUT2D eigenvalue weighted by Crippen LogP contribution is -2.38. The first-order valence-corrected chi connectivity index (χ1v) is 7.76. The standard InChI is InChI=1S/C16H14N6O4/c1-21-7-22(14-13(21)15(25)20-16(17)19-14)5-10(23)8-2-3-11-9(4-8)18-12(24)6-26-11/h2-4,7H,5-6H2,1H3,(H3-,17,18,19,20,24,25)/p+1. The molecule has 26 heavy (non-hydrogen) atoms. The number of aromatic nitrogens is 4. The Morgan fingerprint density at radius 2 is 2.23 bits per heavy atom. The molecule has 3 heterocycles. The van der Waals surface area contributed by atoms with Crippen LogP contribution < -0.4 is 25.9 Å². The lowest BCUT2D eigenvalue weighted by Gasteiger charge is -2.18. The molecule has 1 amide bonds. The van der Waals surface area contributed by atoms with Crippen LogP contribution in [0, 0.1) is 0 Å². The van der Waals surface area contributed by atoms with Crippen molar-refractivity contribution in [3.8, 4) is 5.75 Å². The van der Waals surface area contributed by atoms with Gasteiger partial charge in [0, 0.05) is 5.56 Å². The summed E-state index contributed by atoms with van der Waals surface area (Å²) >= 11 is 0. The zero-order chi connectivity index (χ0) is 18.4. The molecule has 0 radical (unpaired) electrons. The molecule has 0 bridgehead atoms. The van der Waals surface area contributed by atoms with Gasteiger partial charge >= 0.3 is 5.65 Å². The van der Waals surface area contributed by atoms with Crippen LogP contribution in [0.5, 0.6) is 5.75 Å². The average molecular weight is 355 g/mol. The van der Waals surface area contributed by atoms with E-state index in [1.165, 1.54) is 0 Å². The number of aromatic amines is 1. The minimum atomic E-state index is -0.380. The molecular weight excluding hydrogens is 340 g/mol. The average Bonchev–Trinajstić information content (AvgIpc) is 2.89. The minimum Gasteiger partial charge on any atom is -0.482 e. The highest BCUT2D eigenvalue weighted by molar-refractivity contribution is 6.00. The van der Waals surface area contributed by atoms with Crippen molar-refractivity contribution in [1.29, 1.82) is 0 Å². The molecule has 10 nitrogen and oxygen atoms in total. The van der Waals surface area contributed by atoms with Crippen molar-refractivity contribution >= 4 is 34.5 Å². The zero-order valence-corrected chi connectivity index (χ0v) is 13.8. The highest BCUT2D eigenvalue weighted by Gasteiger charge is 2.23. The number of ether oxygens (including phenoxy) is 1. The van der Waals surface area contributed by atoms with Crippen LogP contribution in [-0.2, 0) is 18.4 Å². The Balaban J connectivity index is 1.69. The van der Waals surface area contributed by atoms with Gasteiger partial charge < -0.3 is 15.8 Å². The molecule has 1 aliphatic rings. The van der Waals surface area contributed by atoms with Crippen LogP contribution >= 0.6 is 0 Å². The van der Waals surface area contributed by atoms with Crippen molar-refractivity contribution in [2.24, 2.45) is 7.05 Å². The molecule has 10 heteroatoms. The molecule has 0 saturated heterocycles. The lowest BCUT2D eigenvalue weighted by molar-refractivity contribution is -0.659. The van der Waals surface area contributed by atoms with E-state index in [4.69, 9.17) is 10.5 Å². The van der Waals surface area contributed by atoms with Gasteiger partial charge in [0.1, 0.15) is 12.3 Å². The van der Waals surface area contributed by atoms with E-state index in [1.807, 2.05) is 0 Å². The maximum atomic E-state index is 12.7. The van der Waals surface area contributed by atoms with E-state index in [0.717, 1.165) is 0 Å². The van der Waals surface area contributed by atoms with Crippen LogP contribution in [0.3, 0.4) is 0 Å². The number of nitrogens with one attached hydrogen (secondary N) is 2. The number of nitrogens with zero attached hydrogens (tertiary/aromatic N) is 3. The molecule has 4 N–H and O–H groups in total. The largest absolute Gasteiger partial charge is 0.482 e. The second-order valence-electron chi connectivity index (χ2n) is 5.95. The quantitative estimate of drug-likeness (QED) is 0.422. The van der Waals surface area contributed by atoms with E-state index in [-0.39, 0.29) is 36.3 Å². The van der Waals surface area contributed by atoms with Crippen LogP contribution in [0.4, 0.5) is 11.6 Å². The number of benzene rings is 1. The highest BCUT2D eigenvalue weighted by Crippen LogP contribution is 2.28. The lowest BCUT2D eigenvalue weighted by atomic mass is 10.1. The maximum absolute atomic E-state index is 12.7. The number of ketones is 1. The van der Waals surface area contributed by atoms with Crippen molar-refractivity contribution in [1.82, 2.24) is 14.5 Å². The number of hydrogen-bond donors (Lipinski definition) is 3. The van der Waals surface area contributed by atoms with E-state index >= 15 is 0 Å². The van der Waals surface area contributed by atoms with Gasteiger partial charge in [-0.15, -0.1) is 0 Å².